The lowest BCUT2D eigenvalue weighted by Crippen LogP contribution is -2.37. The van der Waals surface area contributed by atoms with Gasteiger partial charge in [0.25, 0.3) is 0 Å². The Kier molecular flexibility index (Phi) is 3.57. The molecule has 1 aliphatic heterocycles. The van der Waals surface area contributed by atoms with Crippen molar-refractivity contribution in [2.75, 3.05) is 19.5 Å². The topological polar surface area (TPSA) is 133 Å². The molecule has 2 heterocycles. The third-order valence-electron chi connectivity index (χ3n) is 2.78. The van der Waals surface area contributed by atoms with E-state index in [1.165, 1.54) is 7.11 Å². The number of anilines is 1. The summed E-state index contributed by atoms with van der Waals surface area (Å²) in [6, 6.07) is 0. The van der Waals surface area contributed by atoms with Crippen LogP contribution in [-0.4, -0.2) is 56.8 Å². The molecule has 1 fully saturated rings. The van der Waals surface area contributed by atoms with Crippen LogP contribution in [0.2, 0.25) is 0 Å². The maximum Gasteiger partial charge on any atom is 0.354 e. The zero-order valence-electron chi connectivity index (χ0n) is 9.63. The lowest BCUT2D eigenvalue weighted by molar-refractivity contribution is -0.0572. The molecule has 18 heavy (non-hydrogen) atoms. The maximum absolute atomic E-state index is 11.6. The Morgan fingerprint density at radius 2 is 2.39 bits per heavy atom. The van der Waals surface area contributed by atoms with Crippen LogP contribution in [0.5, 0.6) is 0 Å². The molecule has 0 spiro atoms. The summed E-state index contributed by atoms with van der Waals surface area (Å²) in [5.74, 6) is -0.161. The van der Waals surface area contributed by atoms with Crippen molar-refractivity contribution in [3.8, 4) is 0 Å². The number of aliphatic hydroxyl groups is 2. The molecule has 9 heteroatoms. The third-order valence-corrected chi connectivity index (χ3v) is 2.78. The van der Waals surface area contributed by atoms with Crippen LogP contribution in [0.3, 0.4) is 0 Å². The van der Waals surface area contributed by atoms with Crippen LogP contribution < -0.4 is 11.4 Å². The first kappa shape index (κ1) is 12.9. The number of nitrogens with two attached hydrogens (primary N) is 1. The van der Waals surface area contributed by atoms with E-state index in [1.54, 1.807) is 0 Å². The summed E-state index contributed by atoms with van der Waals surface area (Å²) in [4.78, 5) is 18.7. The Morgan fingerprint density at radius 3 is 2.89 bits per heavy atom. The average Bonchev–Trinajstić information content (AvgIpc) is 2.66. The number of aromatic nitrogens is 3. The molecule has 1 saturated heterocycles. The summed E-state index contributed by atoms with van der Waals surface area (Å²) < 4.78 is 11.4. The van der Waals surface area contributed by atoms with E-state index < -0.39 is 30.2 Å². The van der Waals surface area contributed by atoms with Gasteiger partial charge in [0.15, 0.2) is 6.23 Å². The number of methoxy groups -OCH3 is 1. The van der Waals surface area contributed by atoms with Crippen LogP contribution in [0, 0.1) is 0 Å². The number of rotatable bonds is 3. The van der Waals surface area contributed by atoms with E-state index in [-0.39, 0.29) is 12.6 Å². The lowest BCUT2D eigenvalue weighted by Gasteiger charge is -2.17. The Labute approximate surface area is 102 Å². The van der Waals surface area contributed by atoms with Crippen LogP contribution in [0.25, 0.3) is 0 Å². The summed E-state index contributed by atoms with van der Waals surface area (Å²) in [6.45, 7) is -0.337. The SMILES string of the molecule is CO[C@H]1[C@@H](O)[C@H](n2cnc(N)nc2=O)O[C@@H]1CO. The number of aliphatic hydroxyl groups excluding tert-OH is 2. The summed E-state index contributed by atoms with van der Waals surface area (Å²) in [7, 11) is 1.38. The highest BCUT2D eigenvalue weighted by molar-refractivity contribution is 5.10. The van der Waals surface area contributed by atoms with Gasteiger partial charge in [-0.1, -0.05) is 0 Å². The number of nitrogen functional groups attached to an aromatic ring is 1. The summed E-state index contributed by atoms with van der Waals surface area (Å²) >= 11 is 0. The first-order valence-electron chi connectivity index (χ1n) is 5.26. The van der Waals surface area contributed by atoms with Crippen LogP contribution >= 0.6 is 0 Å². The van der Waals surface area contributed by atoms with E-state index in [0.29, 0.717) is 0 Å². The first-order valence-corrected chi connectivity index (χ1v) is 5.26. The van der Waals surface area contributed by atoms with Gasteiger partial charge in [0.2, 0.25) is 5.95 Å². The minimum atomic E-state index is -1.11. The van der Waals surface area contributed by atoms with Gasteiger partial charge in [-0.15, -0.1) is 0 Å². The highest BCUT2D eigenvalue weighted by Gasteiger charge is 2.45. The van der Waals surface area contributed by atoms with E-state index in [9.17, 15) is 9.90 Å². The Morgan fingerprint density at radius 1 is 1.67 bits per heavy atom. The van der Waals surface area contributed by atoms with Crippen LogP contribution in [0.1, 0.15) is 6.23 Å². The first-order chi connectivity index (χ1) is 8.58. The van der Waals surface area contributed by atoms with Crippen molar-refractivity contribution in [2.24, 2.45) is 0 Å². The minimum Gasteiger partial charge on any atom is -0.394 e. The molecule has 0 bridgehead atoms. The molecule has 100 valence electrons. The van der Waals surface area contributed by atoms with Crippen LogP contribution in [0.4, 0.5) is 5.95 Å². The van der Waals surface area contributed by atoms with Gasteiger partial charge in [0.1, 0.15) is 24.6 Å². The van der Waals surface area contributed by atoms with Crippen molar-refractivity contribution in [1.29, 1.82) is 0 Å². The molecule has 1 aromatic rings. The van der Waals surface area contributed by atoms with Gasteiger partial charge in [-0.25, -0.2) is 9.78 Å². The molecule has 0 amide bonds. The molecule has 9 nitrogen and oxygen atoms in total. The Hall–Kier alpha value is -1.55. The molecule has 2 rings (SSSR count). The second-order valence-corrected chi connectivity index (χ2v) is 3.84. The highest BCUT2D eigenvalue weighted by atomic mass is 16.6. The van der Waals surface area contributed by atoms with Gasteiger partial charge in [-0.2, -0.15) is 4.98 Å². The van der Waals surface area contributed by atoms with E-state index in [1.807, 2.05) is 0 Å². The summed E-state index contributed by atoms with van der Waals surface area (Å²) in [5.41, 5.74) is 4.57. The standard InChI is InChI=1S/C9H14N4O5/c1-17-6-4(2-14)18-7(5(6)15)13-3-11-8(10)12-9(13)16/h3-7,14-15H,2H2,1H3,(H2,10,12,16)/t4-,5-,6-,7-/m1/s1. The summed E-state index contributed by atoms with van der Waals surface area (Å²) in [5, 5.41) is 19.1. The van der Waals surface area contributed by atoms with E-state index in [2.05, 4.69) is 9.97 Å². The fourth-order valence-electron chi connectivity index (χ4n) is 1.92. The van der Waals surface area contributed by atoms with E-state index in [0.717, 1.165) is 10.9 Å². The maximum atomic E-state index is 11.6. The Bertz CT molecular complexity index is 478. The lowest BCUT2D eigenvalue weighted by atomic mass is 10.1. The predicted octanol–water partition coefficient (Wildman–Crippen LogP) is -2.51. The van der Waals surface area contributed by atoms with Gasteiger partial charge < -0.3 is 25.4 Å². The largest absolute Gasteiger partial charge is 0.394 e. The van der Waals surface area contributed by atoms with Gasteiger partial charge in [0, 0.05) is 7.11 Å². The molecule has 0 radical (unpaired) electrons. The Balaban J connectivity index is 2.32. The molecule has 0 aromatic carbocycles. The van der Waals surface area contributed by atoms with Crippen molar-refractivity contribution in [2.45, 2.75) is 24.5 Å². The molecule has 0 unspecified atom stereocenters. The normalized spacial score (nSPS) is 31.7. The number of ether oxygens (including phenoxy) is 2. The van der Waals surface area contributed by atoms with Gasteiger partial charge in [-0.3, -0.25) is 4.57 Å². The van der Waals surface area contributed by atoms with Crippen molar-refractivity contribution in [3.63, 3.8) is 0 Å². The third kappa shape index (κ3) is 2.08. The van der Waals surface area contributed by atoms with Crippen molar-refractivity contribution in [3.05, 3.63) is 16.8 Å². The fourth-order valence-corrected chi connectivity index (χ4v) is 1.92. The predicted molar refractivity (Wildman–Crippen MR) is 58.5 cm³/mol. The summed E-state index contributed by atoms with van der Waals surface area (Å²) in [6.07, 6.45) is -2.45. The smallest absolute Gasteiger partial charge is 0.354 e. The zero-order valence-corrected chi connectivity index (χ0v) is 9.63. The fraction of sp³-hybridized carbons (Fsp3) is 0.667. The molecule has 1 aromatic heterocycles. The number of hydrogen-bond donors (Lipinski definition) is 3. The number of hydrogen-bond acceptors (Lipinski definition) is 8. The second kappa shape index (κ2) is 4.98. The van der Waals surface area contributed by atoms with Crippen LogP contribution in [-0.2, 0) is 9.47 Å². The number of nitrogens with zero attached hydrogens (tertiary/aromatic N) is 3. The molecular weight excluding hydrogens is 244 g/mol. The molecule has 0 aliphatic carbocycles. The monoisotopic (exact) mass is 258 g/mol. The zero-order chi connectivity index (χ0) is 13.3. The van der Waals surface area contributed by atoms with Gasteiger partial charge in [0.05, 0.1) is 6.61 Å². The van der Waals surface area contributed by atoms with Crippen LogP contribution in [0.15, 0.2) is 11.1 Å². The molecule has 1 aliphatic rings. The average molecular weight is 258 g/mol. The molecule has 0 saturated carbocycles. The highest BCUT2D eigenvalue weighted by Crippen LogP contribution is 2.29. The van der Waals surface area contributed by atoms with Crippen molar-refractivity contribution < 1.29 is 19.7 Å². The molecular formula is C9H14N4O5. The van der Waals surface area contributed by atoms with E-state index >= 15 is 0 Å². The van der Waals surface area contributed by atoms with Crippen molar-refractivity contribution >= 4 is 5.95 Å². The van der Waals surface area contributed by atoms with E-state index in [4.69, 9.17) is 20.3 Å². The van der Waals surface area contributed by atoms with Gasteiger partial charge in [-0.05, 0) is 0 Å². The molecule has 4 atom stereocenters. The second-order valence-electron chi connectivity index (χ2n) is 3.84. The van der Waals surface area contributed by atoms with Crippen molar-refractivity contribution in [1.82, 2.24) is 14.5 Å². The minimum absolute atomic E-state index is 0.161. The quantitative estimate of drug-likeness (QED) is 0.541. The molecule has 4 N–H and O–H groups in total. The van der Waals surface area contributed by atoms with Gasteiger partial charge >= 0.3 is 5.69 Å².